The molecule has 0 saturated carbocycles. The summed E-state index contributed by atoms with van der Waals surface area (Å²) in [5.41, 5.74) is 10.4. The minimum atomic E-state index is -0.488. The smallest absolute Gasteiger partial charge is 0.293 e. The van der Waals surface area contributed by atoms with Gasteiger partial charge in [-0.2, -0.15) is 9.78 Å². The Labute approximate surface area is 160 Å². The van der Waals surface area contributed by atoms with E-state index in [2.05, 4.69) is 35.8 Å². The van der Waals surface area contributed by atoms with Crippen LogP contribution in [0, 0.1) is 0 Å². The van der Waals surface area contributed by atoms with Gasteiger partial charge in [0.1, 0.15) is 5.75 Å². The highest BCUT2D eigenvalue weighted by molar-refractivity contribution is 6.00. The van der Waals surface area contributed by atoms with Gasteiger partial charge < -0.3 is 10.5 Å². The van der Waals surface area contributed by atoms with Crippen LogP contribution in [0.25, 0.3) is 5.82 Å². The zero-order valence-corrected chi connectivity index (χ0v) is 15.7. The number of ether oxygens (including phenoxy) is 1. The molecule has 3 aromatic rings. The first kappa shape index (κ1) is 19.0. The molecule has 3 N–H and O–H groups in total. The SMILES string of the molecule is CCCc1c(C(=O)N/N=C(/C)c2ccc(OC)cc2)nnn1-c1nonc1N. The third-order valence-electron chi connectivity index (χ3n) is 3.99. The number of benzene rings is 1. The molecule has 1 aromatic carbocycles. The lowest BCUT2D eigenvalue weighted by atomic mass is 10.1. The molecule has 0 aliphatic rings. The Morgan fingerprint density at radius 2 is 2.07 bits per heavy atom. The highest BCUT2D eigenvalue weighted by Gasteiger charge is 2.23. The molecule has 146 valence electrons. The first-order valence-corrected chi connectivity index (χ1v) is 8.57. The van der Waals surface area contributed by atoms with E-state index in [0.717, 1.165) is 17.7 Å². The number of anilines is 1. The normalized spacial score (nSPS) is 11.5. The number of nitrogens with zero attached hydrogens (tertiary/aromatic N) is 6. The van der Waals surface area contributed by atoms with Gasteiger partial charge in [0.25, 0.3) is 5.91 Å². The molecule has 0 aliphatic carbocycles. The highest BCUT2D eigenvalue weighted by atomic mass is 16.6. The van der Waals surface area contributed by atoms with Gasteiger partial charge in [-0.05, 0) is 53.5 Å². The van der Waals surface area contributed by atoms with Crippen molar-refractivity contribution in [2.45, 2.75) is 26.7 Å². The number of rotatable bonds is 7. The van der Waals surface area contributed by atoms with Crippen molar-refractivity contribution in [3.05, 3.63) is 41.2 Å². The van der Waals surface area contributed by atoms with E-state index in [-0.39, 0.29) is 17.3 Å². The summed E-state index contributed by atoms with van der Waals surface area (Å²) in [6, 6.07) is 7.33. The summed E-state index contributed by atoms with van der Waals surface area (Å²) in [5, 5.41) is 19.3. The Bertz CT molecular complexity index is 990. The lowest BCUT2D eigenvalue weighted by Crippen LogP contribution is -2.21. The Morgan fingerprint density at radius 3 is 2.68 bits per heavy atom. The van der Waals surface area contributed by atoms with Gasteiger partial charge in [0.2, 0.25) is 11.6 Å². The Hall–Kier alpha value is -3.76. The van der Waals surface area contributed by atoms with Gasteiger partial charge in [-0.3, -0.25) is 4.79 Å². The van der Waals surface area contributed by atoms with E-state index in [9.17, 15) is 4.79 Å². The average molecular weight is 384 g/mol. The van der Waals surface area contributed by atoms with Crippen LogP contribution in [-0.4, -0.2) is 44.0 Å². The first-order valence-electron chi connectivity index (χ1n) is 8.57. The van der Waals surface area contributed by atoms with Gasteiger partial charge in [0.15, 0.2) is 5.69 Å². The quantitative estimate of drug-likeness (QED) is 0.458. The van der Waals surface area contributed by atoms with Crippen molar-refractivity contribution in [1.29, 1.82) is 0 Å². The molecule has 2 heterocycles. The van der Waals surface area contributed by atoms with Crippen LogP contribution in [0.15, 0.2) is 34.0 Å². The number of carbonyl (C=O) groups is 1. The van der Waals surface area contributed by atoms with Crippen LogP contribution in [0.1, 0.15) is 42.0 Å². The number of amides is 1. The number of nitrogens with two attached hydrogens (primary N) is 1. The highest BCUT2D eigenvalue weighted by Crippen LogP contribution is 2.17. The molecule has 0 bridgehead atoms. The van der Waals surface area contributed by atoms with Gasteiger partial charge in [0, 0.05) is 0 Å². The minimum absolute atomic E-state index is 0.0579. The van der Waals surface area contributed by atoms with Crippen LogP contribution < -0.4 is 15.9 Å². The van der Waals surface area contributed by atoms with Crippen molar-refractivity contribution in [1.82, 2.24) is 30.7 Å². The maximum atomic E-state index is 12.6. The molecular weight excluding hydrogens is 364 g/mol. The zero-order valence-electron chi connectivity index (χ0n) is 15.7. The molecule has 0 radical (unpaired) electrons. The largest absolute Gasteiger partial charge is 0.497 e. The van der Waals surface area contributed by atoms with Gasteiger partial charge in [-0.15, -0.1) is 5.10 Å². The van der Waals surface area contributed by atoms with Crippen molar-refractivity contribution in [3.8, 4) is 11.6 Å². The fourth-order valence-electron chi connectivity index (χ4n) is 2.53. The van der Waals surface area contributed by atoms with E-state index in [1.165, 1.54) is 4.68 Å². The summed E-state index contributed by atoms with van der Waals surface area (Å²) in [6.45, 7) is 3.75. The van der Waals surface area contributed by atoms with E-state index in [1.807, 2.05) is 31.2 Å². The zero-order chi connectivity index (χ0) is 20.1. The monoisotopic (exact) mass is 384 g/mol. The summed E-state index contributed by atoms with van der Waals surface area (Å²) >= 11 is 0. The van der Waals surface area contributed by atoms with Crippen molar-refractivity contribution in [3.63, 3.8) is 0 Å². The molecule has 0 atom stereocenters. The number of carbonyl (C=O) groups excluding carboxylic acids is 1. The van der Waals surface area contributed by atoms with Gasteiger partial charge in [-0.25, -0.2) is 10.1 Å². The molecule has 0 aliphatic heterocycles. The summed E-state index contributed by atoms with van der Waals surface area (Å²) in [6.07, 6.45) is 1.29. The predicted molar refractivity (Wildman–Crippen MR) is 100 cm³/mol. The summed E-state index contributed by atoms with van der Waals surface area (Å²) in [7, 11) is 1.60. The number of methoxy groups -OCH3 is 1. The summed E-state index contributed by atoms with van der Waals surface area (Å²) < 4.78 is 11.1. The molecule has 1 amide bonds. The van der Waals surface area contributed by atoms with Crippen molar-refractivity contribution in [2.75, 3.05) is 12.8 Å². The lowest BCUT2D eigenvalue weighted by Gasteiger charge is -2.05. The minimum Gasteiger partial charge on any atom is -0.497 e. The number of nitrogens with one attached hydrogen (secondary N) is 1. The molecule has 11 heteroatoms. The maximum Gasteiger partial charge on any atom is 0.293 e. The Morgan fingerprint density at radius 1 is 1.32 bits per heavy atom. The van der Waals surface area contributed by atoms with E-state index in [4.69, 9.17) is 10.5 Å². The molecule has 0 unspecified atom stereocenters. The molecule has 11 nitrogen and oxygen atoms in total. The average Bonchev–Trinajstić information content (AvgIpc) is 3.32. The fourth-order valence-corrected chi connectivity index (χ4v) is 2.53. The second kappa shape index (κ2) is 8.29. The van der Waals surface area contributed by atoms with Crippen molar-refractivity contribution in [2.24, 2.45) is 5.10 Å². The third kappa shape index (κ3) is 3.82. The van der Waals surface area contributed by atoms with Gasteiger partial charge >= 0.3 is 0 Å². The molecule has 28 heavy (non-hydrogen) atoms. The second-order valence-electron chi connectivity index (χ2n) is 5.89. The number of hydrogen-bond acceptors (Lipinski definition) is 9. The number of nitrogen functional groups attached to an aromatic ring is 1. The van der Waals surface area contributed by atoms with Crippen LogP contribution in [-0.2, 0) is 6.42 Å². The van der Waals surface area contributed by atoms with Crippen molar-refractivity contribution >= 4 is 17.4 Å². The summed E-state index contributed by atoms with van der Waals surface area (Å²) in [4.78, 5) is 12.6. The third-order valence-corrected chi connectivity index (χ3v) is 3.99. The Balaban J connectivity index is 1.82. The maximum absolute atomic E-state index is 12.6. The van der Waals surface area contributed by atoms with E-state index < -0.39 is 5.91 Å². The van der Waals surface area contributed by atoms with Gasteiger partial charge in [0.05, 0.1) is 18.5 Å². The number of aromatic nitrogens is 5. The summed E-state index contributed by atoms with van der Waals surface area (Å²) in [5.74, 6) is 0.496. The van der Waals surface area contributed by atoms with Crippen LogP contribution in [0.5, 0.6) is 5.75 Å². The molecule has 0 fully saturated rings. The van der Waals surface area contributed by atoms with Crippen molar-refractivity contribution < 1.29 is 14.2 Å². The Kier molecular flexibility index (Phi) is 5.63. The molecule has 0 spiro atoms. The van der Waals surface area contributed by atoms with Crippen LogP contribution in [0.2, 0.25) is 0 Å². The molecule has 0 saturated heterocycles. The molecule has 2 aromatic heterocycles. The van der Waals surface area contributed by atoms with Crippen LogP contribution in [0.4, 0.5) is 5.82 Å². The first-order chi connectivity index (χ1) is 13.5. The molecule has 3 rings (SSSR count). The fraction of sp³-hybridized carbons (Fsp3) is 0.294. The van der Waals surface area contributed by atoms with E-state index in [0.29, 0.717) is 17.8 Å². The van der Waals surface area contributed by atoms with Crippen LogP contribution in [0.3, 0.4) is 0 Å². The lowest BCUT2D eigenvalue weighted by molar-refractivity contribution is 0.0948. The van der Waals surface area contributed by atoms with E-state index in [1.54, 1.807) is 14.0 Å². The van der Waals surface area contributed by atoms with E-state index >= 15 is 0 Å². The second-order valence-corrected chi connectivity index (χ2v) is 5.89. The predicted octanol–water partition coefficient (Wildman–Crippen LogP) is 1.35. The van der Waals surface area contributed by atoms with Crippen LogP contribution >= 0.6 is 0 Å². The number of hydrogen-bond donors (Lipinski definition) is 2. The molecular formula is C17H20N8O3. The topological polar surface area (TPSA) is 146 Å². The van der Waals surface area contributed by atoms with Gasteiger partial charge in [-0.1, -0.05) is 18.6 Å². The number of hydrazone groups is 1. The standard InChI is InChI=1S/C17H20N8O3/c1-4-5-13-14(20-24-25(13)16-15(18)22-28-23-16)17(26)21-19-10(2)11-6-8-12(27-3)9-7-11/h6-9H,4-5H2,1-3H3,(H2,18,22)(H,21,26)/b19-10-.